The second-order valence-corrected chi connectivity index (χ2v) is 3.90. The Morgan fingerprint density at radius 1 is 1.11 bits per heavy atom. The maximum Gasteiger partial charge on any atom is 0.412 e. The molecule has 0 aliphatic rings. The van der Waals surface area contributed by atoms with Crippen LogP contribution in [0.15, 0.2) is 42.5 Å². The van der Waals surface area contributed by atoms with E-state index in [0.29, 0.717) is 18.8 Å². The zero-order valence-corrected chi connectivity index (χ0v) is 10.3. The largest absolute Gasteiger partial charge is 0.412 e. The van der Waals surface area contributed by atoms with Crippen molar-refractivity contribution in [2.24, 2.45) is 0 Å². The van der Waals surface area contributed by atoms with Gasteiger partial charge in [0.15, 0.2) is 0 Å². The molecule has 0 spiro atoms. The average Bonchev–Trinajstić information content (AvgIpc) is 2.39. The highest BCUT2D eigenvalue weighted by Crippen LogP contribution is 2.24. The average molecular weight is 244 g/mol. The standard InChI is InChI=1S/C14H16N2O2/c1-15-9-10-16-14(17)18-13-8-4-6-11-5-2-3-7-12(11)13/h2-8,15H,9-10H2,1H3,(H,16,17). The molecule has 2 aromatic rings. The van der Waals surface area contributed by atoms with Gasteiger partial charge in [-0.1, -0.05) is 36.4 Å². The summed E-state index contributed by atoms with van der Waals surface area (Å²) in [5.41, 5.74) is 0. The second kappa shape index (κ2) is 6.02. The van der Waals surface area contributed by atoms with Crippen LogP contribution in [-0.4, -0.2) is 26.2 Å². The van der Waals surface area contributed by atoms with Gasteiger partial charge in [-0.05, 0) is 18.5 Å². The molecule has 0 atom stereocenters. The van der Waals surface area contributed by atoms with Gasteiger partial charge < -0.3 is 15.4 Å². The molecule has 18 heavy (non-hydrogen) atoms. The lowest BCUT2D eigenvalue weighted by atomic mass is 10.1. The number of hydrogen-bond donors (Lipinski definition) is 2. The van der Waals surface area contributed by atoms with E-state index in [0.717, 1.165) is 10.8 Å². The van der Waals surface area contributed by atoms with Crippen molar-refractivity contribution in [3.05, 3.63) is 42.5 Å². The molecule has 0 aliphatic heterocycles. The van der Waals surface area contributed by atoms with Gasteiger partial charge in [0.25, 0.3) is 0 Å². The van der Waals surface area contributed by atoms with Crippen LogP contribution >= 0.6 is 0 Å². The monoisotopic (exact) mass is 244 g/mol. The Labute approximate surface area is 106 Å². The predicted molar refractivity (Wildman–Crippen MR) is 71.9 cm³/mol. The molecular weight excluding hydrogens is 228 g/mol. The first-order valence-corrected chi connectivity index (χ1v) is 5.89. The Morgan fingerprint density at radius 3 is 2.72 bits per heavy atom. The van der Waals surface area contributed by atoms with Crippen molar-refractivity contribution in [3.63, 3.8) is 0 Å². The Hall–Kier alpha value is -2.07. The quantitative estimate of drug-likeness (QED) is 0.810. The number of hydrogen-bond acceptors (Lipinski definition) is 3. The third-order valence-electron chi connectivity index (χ3n) is 2.60. The lowest BCUT2D eigenvalue weighted by Crippen LogP contribution is -2.32. The third-order valence-corrected chi connectivity index (χ3v) is 2.60. The van der Waals surface area contributed by atoms with Crippen molar-refractivity contribution >= 4 is 16.9 Å². The first-order chi connectivity index (χ1) is 8.81. The Kier molecular flexibility index (Phi) is 4.15. The van der Waals surface area contributed by atoms with Crippen LogP contribution in [0.3, 0.4) is 0 Å². The molecule has 1 amide bonds. The van der Waals surface area contributed by atoms with E-state index in [1.165, 1.54) is 0 Å². The molecular formula is C14H16N2O2. The van der Waals surface area contributed by atoms with Crippen molar-refractivity contribution in [3.8, 4) is 5.75 Å². The van der Waals surface area contributed by atoms with Crippen molar-refractivity contribution in [1.29, 1.82) is 0 Å². The Morgan fingerprint density at radius 2 is 1.89 bits per heavy atom. The van der Waals surface area contributed by atoms with E-state index in [1.807, 2.05) is 43.4 Å². The molecule has 0 radical (unpaired) electrons. The van der Waals surface area contributed by atoms with Crippen molar-refractivity contribution in [1.82, 2.24) is 10.6 Å². The fraction of sp³-hybridized carbons (Fsp3) is 0.214. The molecule has 0 heterocycles. The van der Waals surface area contributed by atoms with Crippen LogP contribution in [0.5, 0.6) is 5.75 Å². The molecule has 94 valence electrons. The number of carbonyl (C=O) groups excluding carboxylic acids is 1. The van der Waals surface area contributed by atoms with Crippen LogP contribution in [-0.2, 0) is 0 Å². The summed E-state index contributed by atoms with van der Waals surface area (Å²) >= 11 is 0. The molecule has 0 fully saturated rings. The smallest absolute Gasteiger partial charge is 0.410 e. The minimum absolute atomic E-state index is 0.429. The summed E-state index contributed by atoms with van der Waals surface area (Å²) in [6, 6.07) is 13.5. The lowest BCUT2D eigenvalue weighted by molar-refractivity contribution is 0.201. The Balaban J connectivity index is 2.09. The molecule has 0 aromatic heterocycles. The van der Waals surface area contributed by atoms with Gasteiger partial charge in [0.1, 0.15) is 5.75 Å². The molecule has 0 saturated heterocycles. The van der Waals surface area contributed by atoms with E-state index in [4.69, 9.17) is 4.74 Å². The minimum Gasteiger partial charge on any atom is -0.410 e. The van der Waals surface area contributed by atoms with Gasteiger partial charge in [0.05, 0.1) is 0 Å². The normalized spacial score (nSPS) is 10.3. The highest BCUT2D eigenvalue weighted by molar-refractivity contribution is 5.90. The zero-order valence-electron chi connectivity index (χ0n) is 10.3. The summed E-state index contributed by atoms with van der Waals surface area (Å²) in [7, 11) is 1.83. The van der Waals surface area contributed by atoms with E-state index >= 15 is 0 Å². The van der Waals surface area contributed by atoms with Crippen molar-refractivity contribution in [2.45, 2.75) is 0 Å². The summed E-state index contributed by atoms with van der Waals surface area (Å²) in [4.78, 5) is 11.6. The maximum atomic E-state index is 11.6. The van der Waals surface area contributed by atoms with Crippen molar-refractivity contribution < 1.29 is 9.53 Å². The van der Waals surface area contributed by atoms with E-state index < -0.39 is 6.09 Å². The number of amides is 1. The SMILES string of the molecule is CNCCNC(=O)Oc1cccc2ccccc12. The molecule has 2 rings (SSSR count). The third kappa shape index (κ3) is 2.99. The first-order valence-electron chi connectivity index (χ1n) is 5.89. The number of ether oxygens (including phenoxy) is 1. The molecule has 0 unspecified atom stereocenters. The Bertz CT molecular complexity index is 535. The summed E-state index contributed by atoms with van der Waals surface area (Å²) in [5.74, 6) is 0.579. The zero-order chi connectivity index (χ0) is 12.8. The number of carbonyl (C=O) groups is 1. The highest BCUT2D eigenvalue weighted by atomic mass is 16.6. The van der Waals surface area contributed by atoms with Gasteiger partial charge >= 0.3 is 6.09 Å². The van der Waals surface area contributed by atoms with Crippen LogP contribution in [0.2, 0.25) is 0 Å². The van der Waals surface area contributed by atoms with E-state index in [2.05, 4.69) is 10.6 Å². The fourth-order valence-corrected chi connectivity index (χ4v) is 1.71. The van der Waals surface area contributed by atoms with Crippen LogP contribution < -0.4 is 15.4 Å². The fourth-order valence-electron chi connectivity index (χ4n) is 1.71. The molecule has 0 saturated carbocycles. The van der Waals surface area contributed by atoms with Gasteiger partial charge in [-0.2, -0.15) is 0 Å². The first kappa shape index (κ1) is 12.4. The second-order valence-electron chi connectivity index (χ2n) is 3.90. The summed E-state index contributed by atoms with van der Waals surface area (Å²) < 4.78 is 5.30. The minimum atomic E-state index is -0.429. The summed E-state index contributed by atoms with van der Waals surface area (Å²) in [5, 5.41) is 7.61. The van der Waals surface area contributed by atoms with Crippen LogP contribution in [0, 0.1) is 0 Å². The van der Waals surface area contributed by atoms with E-state index in [9.17, 15) is 4.79 Å². The number of benzene rings is 2. The predicted octanol–water partition coefficient (Wildman–Crippen LogP) is 2.15. The van der Waals surface area contributed by atoms with Crippen LogP contribution in [0.1, 0.15) is 0 Å². The molecule has 0 aliphatic carbocycles. The van der Waals surface area contributed by atoms with Gasteiger partial charge in [-0.15, -0.1) is 0 Å². The number of rotatable bonds is 4. The van der Waals surface area contributed by atoms with Crippen LogP contribution in [0.4, 0.5) is 4.79 Å². The molecule has 2 N–H and O–H groups in total. The molecule has 4 heteroatoms. The van der Waals surface area contributed by atoms with Crippen molar-refractivity contribution in [2.75, 3.05) is 20.1 Å². The summed E-state index contributed by atoms with van der Waals surface area (Å²) in [6.07, 6.45) is -0.429. The van der Waals surface area contributed by atoms with Gasteiger partial charge in [0.2, 0.25) is 0 Å². The van der Waals surface area contributed by atoms with Gasteiger partial charge in [0, 0.05) is 18.5 Å². The molecule has 4 nitrogen and oxygen atoms in total. The van der Waals surface area contributed by atoms with Gasteiger partial charge in [-0.3, -0.25) is 0 Å². The van der Waals surface area contributed by atoms with E-state index in [1.54, 1.807) is 6.07 Å². The number of fused-ring (bicyclic) bond motifs is 1. The highest BCUT2D eigenvalue weighted by Gasteiger charge is 2.06. The molecule has 2 aromatic carbocycles. The molecule has 0 bridgehead atoms. The maximum absolute atomic E-state index is 11.6. The summed E-state index contributed by atoms with van der Waals surface area (Å²) in [6.45, 7) is 1.25. The number of nitrogens with one attached hydrogen (secondary N) is 2. The van der Waals surface area contributed by atoms with E-state index in [-0.39, 0.29) is 0 Å². The topological polar surface area (TPSA) is 50.4 Å². The van der Waals surface area contributed by atoms with Gasteiger partial charge in [-0.25, -0.2) is 4.79 Å². The lowest BCUT2D eigenvalue weighted by Gasteiger charge is -2.08. The van der Waals surface area contributed by atoms with Crippen LogP contribution in [0.25, 0.3) is 10.8 Å². The number of likely N-dealkylation sites (N-methyl/N-ethyl adjacent to an activating group) is 1.